The Morgan fingerprint density at radius 2 is 1.84 bits per heavy atom. The van der Waals surface area contributed by atoms with Crippen LogP contribution in [0.3, 0.4) is 0 Å². The van der Waals surface area contributed by atoms with Crippen molar-refractivity contribution in [3.8, 4) is 17.2 Å². The van der Waals surface area contributed by atoms with Crippen LogP contribution in [-0.4, -0.2) is 35.2 Å². The molecule has 0 saturated heterocycles. The first-order valence-electron chi connectivity index (χ1n) is 7.49. The van der Waals surface area contributed by atoms with E-state index in [0.29, 0.717) is 18.8 Å². The summed E-state index contributed by atoms with van der Waals surface area (Å²) >= 11 is 0. The average Bonchev–Trinajstić information content (AvgIpc) is 3.08. The molecule has 132 valence electrons. The van der Waals surface area contributed by atoms with Gasteiger partial charge in [0.25, 0.3) is 15.9 Å². The van der Waals surface area contributed by atoms with Crippen LogP contribution in [0, 0.1) is 0 Å². The van der Waals surface area contributed by atoms with Gasteiger partial charge in [-0.3, -0.25) is 4.79 Å². The Balaban J connectivity index is 1.85. The zero-order chi connectivity index (χ0) is 18.0. The number of fused-ring (bicyclic) bond motifs is 1. The Kier molecular flexibility index (Phi) is 4.54. The minimum atomic E-state index is -4.05. The summed E-state index contributed by atoms with van der Waals surface area (Å²) in [5.41, 5.74) is 1.14. The minimum absolute atomic E-state index is 0.0945. The third-order valence-electron chi connectivity index (χ3n) is 3.84. The second kappa shape index (κ2) is 6.64. The van der Waals surface area contributed by atoms with Crippen molar-refractivity contribution >= 4 is 15.9 Å². The van der Waals surface area contributed by atoms with E-state index in [1.807, 2.05) is 0 Å². The van der Waals surface area contributed by atoms with Crippen LogP contribution in [0.2, 0.25) is 0 Å². The highest BCUT2D eigenvalue weighted by Crippen LogP contribution is 2.29. The Bertz CT molecular complexity index is 923. The molecule has 1 aliphatic rings. The molecule has 1 aliphatic heterocycles. The molecule has 0 unspecified atom stereocenters. The van der Waals surface area contributed by atoms with E-state index in [9.17, 15) is 13.2 Å². The lowest BCUT2D eigenvalue weighted by Gasteiger charge is -2.11. The zero-order valence-electron chi connectivity index (χ0n) is 13.7. The fourth-order valence-corrected chi connectivity index (χ4v) is 3.54. The molecule has 0 aliphatic carbocycles. The molecule has 0 saturated carbocycles. The molecule has 25 heavy (non-hydrogen) atoms. The maximum absolute atomic E-state index is 12.5. The van der Waals surface area contributed by atoms with Crippen molar-refractivity contribution in [2.45, 2.75) is 11.3 Å². The Labute approximate surface area is 145 Å². The highest BCUT2D eigenvalue weighted by molar-refractivity contribution is 7.90. The molecule has 1 N–H and O–H groups in total. The van der Waals surface area contributed by atoms with Crippen molar-refractivity contribution < 1.29 is 27.4 Å². The van der Waals surface area contributed by atoms with Crippen LogP contribution in [0.4, 0.5) is 0 Å². The Hall–Kier alpha value is -2.74. The number of benzene rings is 2. The summed E-state index contributed by atoms with van der Waals surface area (Å²) in [6, 6.07) is 8.94. The second-order valence-electron chi connectivity index (χ2n) is 5.37. The topological polar surface area (TPSA) is 90.9 Å². The maximum Gasteiger partial charge on any atom is 0.265 e. The number of nitrogens with one attached hydrogen (secondary N) is 1. The first-order valence-corrected chi connectivity index (χ1v) is 8.98. The normalized spacial score (nSPS) is 12.9. The third-order valence-corrected chi connectivity index (χ3v) is 5.17. The van der Waals surface area contributed by atoms with Gasteiger partial charge in [-0.15, -0.1) is 0 Å². The fourth-order valence-electron chi connectivity index (χ4n) is 2.55. The predicted octanol–water partition coefficient (Wildman–Crippen LogP) is 1.76. The number of carbonyl (C=O) groups is 1. The summed E-state index contributed by atoms with van der Waals surface area (Å²) in [7, 11) is -1.19. The third kappa shape index (κ3) is 3.39. The van der Waals surface area contributed by atoms with E-state index in [1.165, 1.54) is 38.5 Å². The quantitative estimate of drug-likeness (QED) is 0.870. The van der Waals surface area contributed by atoms with Crippen LogP contribution >= 0.6 is 0 Å². The predicted molar refractivity (Wildman–Crippen MR) is 89.8 cm³/mol. The van der Waals surface area contributed by atoms with Gasteiger partial charge in [0.2, 0.25) is 0 Å². The van der Waals surface area contributed by atoms with Gasteiger partial charge >= 0.3 is 0 Å². The number of hydrogen-bond donors (Lipinski definition) is 1. The molecule has 1 amide bonds. The van der Waals surface area contributed by atoms with E-state index < -0.39 is 15.9 Å². The molecule has 7 nitrogen and oxygen atoms in total. The zero-order valence-corrected chi connectivity index (χ0v) is 14.6. The molecule has 2 aromatic rings. The molecule has 0 atom stereocenters. The van der Waals surface area contributed by atoms with E-state index in [2.05, 4.69) is 4.72 Å². The number of hydrogen-bond acceptors (Lipinski definition) is 6. The monoisotopic (exact) mass is 363 g/mol. The number of ether oxygens (including phenoxy) is 3. The van der Waals surface area contributed by atoms with Crippen LogP contribution < -0.4 is 18.9 Å². The number of rotatable bonds is 5. The van der Waals surface area contributed by atoms with E-state index in [0.717, 1.165) is 11.3 Å². The molecule has 2 aromatic carbocycles. The lowest BCUT2D eigenvalue weighted by atomic mass is 10.1. The molecular weight excluding hydrogens is 346 g/mol. The minimum Gasteiger partial charge on any atom is -0.493 e. The SMILES string of the molecule is COc1ccc(S(=O)(=O)NC(=O)c2ccc3c(c2)CCO3)cc1OC. The van der Waals surface area contributed by atoms with Gasteiger partial charge < -0.3 is 14.2 Å². The highest BCUT2D eigenvalue weighted by Gasteiger charge is 2.22. The van der Waals surface area contributed by atoms with Gasteiger partial charge in [-0.1, -0.05) is 0 Å². The van der Waals surface area contributed by atoms with Crippen molar-refractivity contribution in [3.63, 3.8) is 0 Å². The molecule has 0 bridgehead atoms. The van der Waals surface area contributed by atoms with Gasteiger partial charge in [-0.05, 0) is 35.9 Å². The summed E-state index contributed by atoms with van der Waals surface area (Å²) in [6.07, 6.45) is 0.693. The number of methoxy groups -OCH3 is 2. The lowest BCUT2D eigenvalue weighted by Crippen LogP contribution is -2.30. The van der Waals surface area contributed by atoms with Crippen LogP contribution in [0.15, 0.2) is 41.3 Å². The molecule has 1 heterocycles. The van der Waals surface area contributed by atoms with Gasteiger partial charge in [0.15, 0.2) is 11.5 Å². The highest BCUT2D eigenvalue weighted by atomic mass is 32.2. The fraction of sp³-hybridized carbons (Fsp3) is 0.235. The first kappa shape index (κ1) is 17.1. The van der Waals surface area contributed by atoms with Gasteiger partial charge in [0.1, 0.15) is 5.75 Å². The largest absolute Gasteiger partial charge is 0.493 e. The molecule has 0 radical (unpaired) electrons. The smallest absolute Gasteiger partial charge is 0.265 e. The summed E-state index contributed by atoms with van der Waals surface area (Å²) < 4.78 is 42.5. The van der Waals surface area contributed by atoms with E-state index in [4.69, 9.17) is 14.2 Å². The number of sulfonamides is 1. The molecule has 0 spiro atoms. The van der Waals surface area contributed by atoms with Crippen LogP contribution in [0.1, 0.15) is 15.9 Å². The van der Waals surface area contributed by atoms with Crippen molar-refractivity contribution in [1.82, 2.24) is 4.72 Å². The van der Waals surface area contributed by atoms with Gasteiger partial charge in [0, 0.05) is 18.1 Å². The molecule has 3 rings (SSSR count). The van der Waals surface area contributed by atoms with Gasteiger partial charge in [-0.2, -0.15) is 0 Å². The van der Waals surface area contributed by atoms with Crippen LogP contribution in [0.25, 0.3) is 0 Å². The van der Waals surface area contributed by atoms with Crippen LogP contribution in [-0.2, 0) is 16.4 Å². The average molecular weight is 363 g/mol. The van der Waals surface area contributed by atoms with Gasteiger partial charge in [0.05, 0.1) is 25.7 Å². The second-order valence-corrected chi connectivity index (χ2v) is 7.05. The van der Waals surface area contributed by atoms with Gasteiger partial charge in [-0.25, -0.2) is 13.1 Å². The molecular formula is C17H17NO6S. The van der Waals surface area contributed by atoms with Crippen molar-refractivity contribution in [2.75, 3.05) is 20.8 Å². The Morgan fingerprint density at radius 3 is 2.56 bits per heavy atom. The van der Waals surface area contributed by atoms with E-state index in [-0.39, 0.29) is 16.2 Å². The summed E-state index contributed by atoms with van der Waals surface area (Å²) in [5, 5.41) is 0. The Morgan fingerprint density at radius 1 is 1.08 bits per heavy atom. The number of amides is 1. The summed E-state index contributed by atoms with van der Waals surface area (Å²) in [4.78, 5) is 12.2. The summed E-state index contributed by atoms with van der Waals surface area (Å²) in [5.74, 6) is 0.669. The van der Waals surface area contributed by atoms with Crippen molar-refractivity contribution in [3.05, 3.63) is 47.5 Å². The van der Waals surface area contributed by atoms with E-state index in [1.54, 1.807) is 12.1 Å². The van der Waals surface area contributed by atoms with Crippen LogP contribution in [0.5, 0.6) is 17.2 Å². The maximum atomic E-state index is 12.5. The lowest BCUT2D eigenvalue weighted by molar-refractivity contribution is 0.0981. The first-order chi connectivity index (χ1) is 11.9. The molecule has 0 fully saturated rings. The summed E-state index contributed by atoms with van der Waals surface area (Å²) in [6.45, 7) is 0.560. The molecule has 8 heteroatoms. The van der Waals surface area contributed by atoms with Crippen molar-refractivity contribution in [1.29, 1.82) is 0 Å². The standard InChI is InChI=1S/C17H17NO6S/c1-22-15-6-4-13(10-16(15)23-2)25(20,21)18-17(19)12-3-5-14-11(9-12)7-8-24-14/h3-6,9-10H,7-8H2,1-2H3,(H,18,19). The van der Waals surface area contributed by atoms with Crippen molar-refractivity contribution in [2.24, 2.45) is 0 Å². The number of carbonyl (C=O) groups excluding carboxylic acids is 1. The van der Waals surface area contributed by atoms with E-state index >= 15 is 0 Å². The molecule has 0 aromatic heterocycles.